The monoisotopic (exact) mass is 200 g/mol. The molecule has 0 amide bonds. The number of allylic oxidation sites excluding steroid dienone is 9. The van der Waals surface area contributed by atoms with Crippen LogP contribution in [0.1, 0.15) is 33.6 Å². The summed E-state index contributed by atoms with van der Waals surface area (Å²) in [6.07, 6.45) is 12.9. The molecule has 0 saturated heterocycles. The number of hydrogen-bond acceptors (Lipinski definition) is 0. The van der Waals surface area contributed by atoms with E-state index in [0.29, 0.717) is 0 Å². The average molecular weight is 200 g/mol. The van der Waals surface area contributed by atoms with Crippen molar-refractivity contribution in [3.63, 3.8) is 0 Å². The van der Waals surface area contributed by atoms with E-state index in [-0.39, 0.29) is 0 Å². The van der Waals surface area contributed by atoms with Crippen molar-refractivity contribution in [3.05, 3.63) is 59.3 Å². The maximum Gasteiger partial charge on any atom is -0.00915 e. The fraction of sp³-hybridized carbons (Fsp3) is 0.333. The molecule has 0 bridgehead atoms. The van der Waals surface area contributed by atoms with E-state index in [4.69, 9.17) is 0 Å². The Bertz CT molecular complexity index is 359. The molecule has 1 aliphatic carbocycles. The zero-order valence-electron chi connectivity index (χ0n) is 10.0. The number of rotatable bonds is 3. The van der Waals surface area contributed by atoms with Crippen molar-refractivity contribution >= 4 is 0 Å². The first-order valence-corrected chi connectivity index (χ1v) is 5.46. The maximum absolute atomic E-state index is 3.75. The van der Waals surface area contributed by atoms with Crippen LogP contribution < -0.4 is 0 Å². The molecular formula is C15H20. The third kappa shape index (κ3) is 3.75. The van der Waals surface area contributed by atoms with Gasteiger partial charge in [0.15, 0.2) is 0 Å². The van der Waals surface area contributed by atoms with Gasteiger partial charge in [0.05, 0.1) is 0 Å². The third-order valence-electron chi connectivity index (χ3n) is 2.56. The van der Waals surface area contributed by atoms with Crippen LogP contribution in [-0.4, -0.2) is 0 Å². The van der Waals surface area contributed by atoms with E-state index in [1.807, 2.05) is 6.08 Å². The first-order chi connectivity index (χ1) is 7.13. The molecule has 0 aromatic heterocycles. The van der Waals surface area contributed by atoms with Crippen molar-refractivity contribution in [2.45, 2.75) is 33.6 Å². The van der Waals surface area contributed by atoms with Crippen LogP contribution in [0, 0.1) is 0 Å². The lowest BCUT2D eigenvalue weighted by atomic mass is 9.97. The van der Waals surface area contributed by atoms with Crippen molar-refractivity contribution in [1.82, 2.24) is 0 Å². The molecule has 0 atom stereocenters. The van der Waals surface area contributed by atoms with Crippen LogP contribution >= 0.6 is 0 Å². The van der Waals surface area contributed by atoms with Crippen molar-refractivity contribution < 1.29 is 0 Å². The molecule has 0 fully saturated rings. The van der Waals surface area contributed by atoms with Gasteiger partial charge < -0.3 is 0 Å². The molecule has 0 heterocycles. The van der Waals surface area contributed by atoms with Crippen molar-refractivity contribution in [3.8, 4) is 0 Å². The Morgan fingerprint density at radius 2 is 2.20 bits per heavy atom. The summed E-state index contributed by atoms with van der Waals surface area (Å²) < 4.78 is 0. The molecule has 0 spiro atoms. The van der Waals surface area contributed by atoms with E-state index < -0.39 is 0 Å². The second-order valence-electron chi connectivity index (χ2n) is 4.19. The van der Waals surface area contributed by atoms with Gasteiger partial charge in [-0.2, -0.15) is 0 Å². The molecule has 0 aromatic rings. The van der Waals surface area contributed by atoms with Crippen molar-refractivity contribution in [2.75, 3.05) is 0 Å². The molecule has 15 heavy (non-hydrogen) atoms. The molecule has 0 unspecified atom stereocenters. The lowest BCUT2D eigenvalue weighted by molar-refractivity contribution is 1.15. The Balaban J connectivity index is 2.87. The Labute approximate surface area is 93.4 Å². The summed E-state index contributed by atoms with van der Waals surface area (Å²) in [6.45, 7) is 10.2. The first-order valence-electron chi connectivity index (χ1n) is 5.46. The predicted molar refractivity (Wildman–Crippen MR) is 68.8 cm³/mol. The van der Waals surface area contributed by atoms with E-state index in [0.717, 1.165) is 12.8 Å². The molecule has 0 heteroatoms. The maximum atomic E-state index is 3.75. The van der Waals surface area contributed by atoms with Gasteiger partial charge >= 0.3 is 0 Å². The van der Waals surface area contributed by atoms with Crippen LogP contribution in [0.4, 0.5) is 0 Å². The van der Waals surface area contributed by atoms with Gasteiger partial charge in [0.25, 0.3) is 0 Å². The van der Waals surface area contributed by atoms with Gasteiger partial charge in [0.1, 0.15) is 0 Å². The normalized spacial score (nSPS) is 19.9. The highest BCUT2D eigenvalue weighted by Gasteiger charge is 2.01. The van der Waals surface area contributed by atoms with Gasteiger partial charge in [-0.3, -0.25) is 0 Å². The molecule has 0 N–H and O–H groups in total. The fourth-order valence-electron chi connectivity index (χ4n) is 1.78. The van der Waals surface area contributed by atoms with Gasteiger partial charge in [0.2, 0.25) is 0 Å². The van der Waals surface area contributed by atoms with Crippen molar-refractivity contribution in [1.29, 1.82) is 0 Å². The quantitative estimate of drug-likeness (QED) is 0.578. The lowest BCUT2D eigenvalue weighted by Crippen LogP contribution is -1.89. The highest BCUT2D eigenvalue weighted by Crippen LogP contribution is 2.20. The van der Waals surface area contributed by atoms with Gasteiger partial charge in [0, 0.05) is 0 Å². The second kappa shape index (κ2) is 5.55. The highest BCUT2D eigenvalue weighted by molar-refractivity contribution is 5.41. The minimum Gasteiger partial charge on any atom is -0.103 e. The molecule has 0 aliphatic heterocycles. The Morgan fingerprint density at radius 1 is 1.47 bits per heavy atom. The van der Waals surface area contributed by atoms with E-state index in [1.165, 1.54) is 22.3 Å². The molecule has 1 aliphatic rings. The summed E-state index contributed by atoms with van der Waals surface area (Å²) in [5.41, 5.74) is 5.51. The van der Waals surface area contributed by atoms with Gasteiger partial charge in [-0.25, -0.2) is 0 Å². The Hall–Kier alpha value is -1.30. The van der Waals surface area contributed by atoms with E-state index in [1.54, 1.807) is 0 Å². The minimum absolute atomic E-state index is 0.975. The highest BCUT2D eigenvalue weighted by atomic mass is 14.1. The zero-order valence-corrected chi connectivity index (χ0v) is 10.0. The largest absolute Gasteiger partial charge is 0.103 e. The van der Waals surface area contributed by atoms with Crippen LogP contribution in [0.5, 0.6) is 0 Å². The summed E-state index contributed by atoms with van der Waals surface area (Å²) in [6, 6.07) is 0. The number of hydrogen-bond donors (Lipinski definition) is 0. The summed E-state index contributed by atoms with van der Waals surface area (Å²) in [5, 5.41) is 0. The van der Waals surface area contributed by atoms with E-state index in [2.05, 4.69) is 51.7 Å². The van der Waals surface area contributed by atoms with Crippen LogP contribution in [0.3, 0.4) is 0 Å². The lowest BCUT2D eigenvalue weighted by Gasteiger charge is -2.09. The van der Waals surface area contributed by atoms with Crippen LogP contribution in [0.25, 0.3) is 0 Å². The summed E-state index contributed by atoms with van der Waals surface area (Å²) >= 11 is 0. The standard InChI is InChI=1S/C15H20/c1-5-7-12(2)10-14(4)15-9-6-8-13(3)11-15/h5-6,8,10-11H,1,7,9H2,2-4H3. The first kappa shape index (κ1) is 11.8. The smallest absolute Gasteiger partial charge is 0.00915 e. The Morgan fingerprint density at radius 3 is 2.80 bits per heavy atom. The molecule has 0 saturated carbocycles. The van der Waals surface area contributed by atoms with E-state index >= 15 is 0 Å². The zero-order chi connectivity index (χ0) is 11.3. The second-order valence-corrected chi connectivity index (χ2v) is 4.19. The van der Waals surface area contributed by atoms with Crippen LogP contribution in [0.15, 0.2) is 59.3 Å². The minimum atomic E-state index is 0.975. The van der Waals surface area contributed by atoms with Gasteiger partial charge in [-0.15, -0.1) is 6.58 Å². The third-order valence-corrected chi connectivity index (χ3v) is 2.56. The van der Waals surface area contributed by atoms with Gasteiger partial charge in [-0.05, 0) is 44.8 Å². The molecule has 1 rings (SSSR count). The molecule has 0 aromatic carbocycles. The SMILES string of the molecule is C=CCC(C)=CC(C)=C1C=C(C)C=CC1. The topological polar surface area (TPSA) is 0 Å². The summed E-state index contributed by atoms with van der Waals surface area (Å²) in [7, 11) is 0. The summed E-state index contributed by atoms with van der Waals surface area (Å²) in [4.78, 5) is 0. The summed E-state index contributed by atoms with van der Waals surface area (Å²) in [5.74, 6) is 0. The van der Waals surface area contributed by atoms with Gasteiger partial charge in [-0.1, -0.05) is 41.5 Å². The van der Waals surface area contributed by atoms with E-state index in [9.17, 15) is 0 Å². The predicted octanol–water partition coefficient (Wildman–Crippen LogP) is 4.73. The molecule has 80 valence electrons. The molecule has 0 nitrogen and oxygen atoms in total. The molecule has 0 radical (unpaired) electrons. The molecular weight excluding hydrogens is 180 g/mol. The van der Waals surface area contributed by atoms with Crippen molar-refractivity contribution in [2.24, 2.45) is 0 Å². The fourth-order valence-corrected chi connectivity index (χ4v) is 1.78. The van der Waals surface area contributed by atoms with Crippen LogP contribution in [0.2, 0.25) is 0 Å². The average Bonchev–Trinajstić information content (AvgIpc) is 2.18. The Kier molecular flexibility index (Phi) is 4.36. The van der Waals surface area contributed by atoms with Crippen LogP contribution in [-0.2, 0) is 0 Å².